The van der Waals surface area contributed by atoms with Gasteiger partial charge in [-0.25, -0.2) is 4.98 Å². The van der Waals surface area contributed by atoms with Gasteiger partial charge in [-0.05, 0) is 42.5 Å². The molecule has 0 radical (unpaired) electrons. The SMILES string of the molecule is COc1ccc(-c2nnc(-c3ccc4nc[nH]c4c3)o2)cc1. The topological polar surface area (TPSA) is 76.8 Å². The molecule has 4 rings (SSSR count). The molecule has 0 unspecified atom stereocenters. The van der Waals surface area contributed by atoms with E-state index in [1.165, 1.54) is 0 Å². The Hall–Kier alpha value is -3.15. The Bertz CT molecular complexity index is 925. The Morgan fingerprint density at radius 1 is 0.955 bits per heavy atom. The number of H-pyrrole nitrogens is 1. The maximum Gasteiger partial charge on any atom is 0.248 e. The van der Waals surface area contributed by atoms with Crippen LogP contribution >= 0.6 is 0 Å². The molecule has 0 fully saturated rings. The molecule has 6 nitrogen and oxygen atoms in total. The van der Waals surface area contributed by atoms with Crippen molar-refractivity contribution in [3.8, 4) is 28.7 Å². The van der Waals surface area contributed by atoms with Crippen molar-refractivity contribution in [1.82, 2.24) is 20.2 Å². The minimum atomic E-state index is 0.474. The van der Waals surface area contributed by atoms with Gasteiger partial charge < -0.3 is 14.1 Å². The van der Waals surface area contributed by atoms with Gasteiger partial charge in [-0.2, -0.15) is 0 Å². The molecule has 6 heteroatoms. The molecule has 2 heterocycles. The molecule has 2 aromatic carbocycles. The smallest absolute Gasteiger partial charge is 0.248 e. The van der Waals surface area contributed by atoms with E-state index in [1.807, 2.05) is 42.5 Å². The molecule has 4 aromatic rings. The van der Waals surface area contributed by atoms with Gasteiger partial charge in [0.1, 0.15) is 5.75 Å². The molecule has 1 N–H and O–H groups in total. The van der Waals surface area contributed by atoms with Crippen LogP contribution in [0.4, 0.5) is 0 Å². The second kappa shape index (κ2) is 5.00. The Labute approximate surface area is 125 Å². The van der Waals surface area contributed by atoms with Gasteiger partial charge in [-0.3, -0.25) is 0 Å². The van der Waals surface area contributed by atoms with Crippen LogP contribution in [0.25, 0.3) is 33.9 Å². The molecule has 0 aliphatic carbocycles. The van der Waals surface area contributed by atoms with Crippen molar-refractivity contribution in [3.63, 3.8) is 0 Å². The van der Waals surface area contributed by atoms with Crippen LogP contribution in [0, 0.1) is 0 Å². The summed E-state index contributed by atoms with van der Waals surface area (Å²) < 4.78 is 10.9. The van der Waals surface area contributed by atoms with Crippen molar-refractivity contribution in [2.75, 3.05) is 7.11 Å². The average molecular weight is 292 g/mol. The number of nitrogens with zero attached hydrogens (tertiary/aromatic N) is 3. The maximum atomic E-state index is 5.76. The standard InChI is InChI=1S/C16H12N4O2/c1-21-12-5-2-10(3-6-12)15-19-20-16(22-15)11-4-7-13-14(8-11)18-9-17-13/h2-9H,1H3,(H,17,18). The summed E-state index contributed by atoms with van der Waals surface area (Å²) in [4.78, 5) is 7.25. The van der Waals surface area contributed by atoms with Gasteiger partial charge in [0, 0.05) is 11.1 Å². The normalized spacial score (nSPS) is 11.0. The fourth-order valence-corrected chi connectivity index (χ4v) is 2.26. The van der Waals surface area contributed by atoms with E-state index < -0.39 is 0 Å². The maximum absolute atomic E-state index is 5.76. The van der Waals surface area contributed by atoms with Crippen molar-refractivity contribution in [2.24, 2.45) is 0 Å². The van der Waals surface area contributed by atoms with E-state index in [0.29, 0.717) is 11.8 Å². The zero-order valence-corrected chi connectivity index (χ0v) is 11.8. The van der Waals surface area contributed by atoms with E-state index in [4.69, 9.17) is 9.15 Å². The lowest BCUT2D eigenvalue weighted by molar-refractivity contribution is 0.415. The molecule has 108 valence electrons. The molecule has 0 atom stereocenters. The van der Waals surface area contributed by atoms with Crippen molar-refractivity contribution >= 4 is 11.0 Å². The summed E-state index contributed by atoms with van der Waals surface area (Å²) >= 11 is 0. The second-order valence-electron chi connectivity index (χ2n) is 4.78. The lowest BCUT2D eigenvalue weighted by atomic mass is 10.2. The van der Waals surface area contributed by atoms with E-state index in [9.17, 15) is 0 Å². The third kappa shape index (κ3) is 2.10. The van der Waals surface area contributed by atoms with E-state index in [2.05, 4.69) is 20.2 Å². The Morgan fingerprint density at radius 2 is 1.68 bits per heavy atom. The van der Waals surface area contributed by atoms with Crippen LogP contribution in [0.2, 0.25) is 0 Å². The minimum Gasteiger partial charge on any atom is -0.497 e. The van der Waals surface area contributed by atoms with Crippen molar-refractivity contribution in [3.05, 3.63) is 48.8 Å². The van der Waals surface area contributed by atoms with Crippen LogP contribution in [0.1, 0.15) is 0 Å². The predicted octanol–water partition coefficient (Wildman–Crippen LogP) is 3.29. The molecule has 2 aromatic heterocycles. The lowest BCUT2D eigenvalue weighted by Crippen LogP contribution is -1.82. The van der Waals surface area contributed by atoms with Gasteiger partial charge in [0.15, 0.2) is 0 Å². The van der Waals surface area contributed by atoms with Crippen molar-refractivity contribution in [1.29, 1.82) is 0 Å². The Morgan fingerprint density at radius 3 is 2.45 bits per heavy atom. The van der Waals surface area contributed by atoms with Crippen molar-refractivity contribution in [2.45, 2.75) is 0 Å². The first-order valence-corrected chi connectivity index (χ1v) is 6.75. The molecule has 0 amide bonds. The molecule has 0 saturated heterocycles. The van der Waals surface area contributed by atoms with Gasteiger partial charge in [-0.15, -0.1) is 10.2 Å². The van der Waals surface area contributed by atoms with Gasteiger partial charge in [-0.1, -0.05) is 0 Å². The van der Waals surface area contributed by atoms with E-state index in [0.717, 1.165) is 27.9 Å². The molecule has 0 aliphatic rings. The summed E-state index contributed by atoms with van der Waals surface area (Å²) in [5, 5.41) is 8.22. The number of imidazole rings is 1. The number of hydrogen-bond acceptors (Lipinski definition) is 5. The first kappa shape index (κ1) is 12.6. The fraction of sp³-hybridized carbons (Fsp3) is 0.0625. The van der Waals surface area contributed by atoms with Crippen LogP contribution in [0.5, 0.6) is 5.75 Å². The van der Waals surface area contributed by atoms with Crippen LogP contribution in [0.3, 0.4) is 0 Å². The number of methoxy groups -OCH3 is 1. The molecule has 0 bridgehead atoms. The van der Waals surface area contributed by atoms with Gasteiger partial charge in [0.05, 0.1) is 24.5 Å². The predicted molar refractivity (Wildman–Crippen MR) is 81.4 cm³/mol. The number of benzene rings is 2. The molecule has 0 saturated carbocycles. The van der Waals surface area contributed by atoms with E-state index in [-0.39, 0.29) is 0 Å². The summed E-state index contributed by atoms with van der Waals surface area (Å²) in [6.07, 6.45) is 1.66. The van der Waals surface area contributed by atoms with Crippen LogP contribution < -0.4 is 4.74 Å². The largest absolute Gasteiger partial charge is 0.497 e. The summed E-state index contributed by atoms with van der Waals surface area (Å²) in [7, 11) is 1.63. The summed E-state index contributed by atoms with van der Waals surface area (Å²) in [5.74, 6) is 1.73. The van der Waals surface area contributed by atoms with E-state index >= 15 is 0 Å². The number of ether oxygens (including phenoxy) is 1. The first-order chi connectivity index (χ1) is 10.8. The quantitative estimate of drug-likeness (QED) is 0.627. The zero-order chi connectivity index (χ0) is 14.9. The number of nitrogens with one attached hydrogen (secondary N) is 1. The number of aromatic amines is 1. The molecule has 0 aliphatic heterocycles. The molecule has 22 heavy (non-hydrogen) atoms. The molecule has 0 spiro atoms. The van der Waals surface area contributed by atoms with E-state index in [1.54, 1.807) is 13.4 Å². The summed E-state index contributed by atoms with van der Waals surface area (Å²) in [5.41, 5.74) is 3.53. The van der Waals surface area contributed by atoms with Gasteiger partial charge in [0.25, 0.3) is 0 Å². The number of rotatable bonds is 3. The van der Waals surface area contributed by atoms with Gasteiger partial charge in [0.2, 0.25) is 11.8 Å². The van der Waals surface area contributed by atoms with Crippen molar-refractivity contribution < 1.29 is 9.15 Å². The third-order valence-corrected chi connectivity index (χ3v) is 3.43. The van der Waals surface area contributed by atoms with Crippen LogP contribution in [0.15, 0.2) is 53.2 Å². The molecular formula is C16H12N4O2. The third-order valence-electron chi connectivity index (χ3n) is 3.43. The highest BCUT2D eigenvalue weighted by atomic mass is 16.5. The second-order valence-corrected chi connectivity index (χ2v) is 4.78. The monoisotopic (exact) mass is 292 g/mol. The highest BCUT2D eigenvalue weighted by Crippen LogP contribution is 2.26. The van der Waals surface area contributed by atoms with Crippen LogP contribution in [-0.2, 0) is 0 Å². The zero-order valence-electron chi connectivity index (χ0n) is 11.8. The highest BCUT2D eigenvalue weighted by Gasteiger charge is 2.11. The summed E-state index contributed by atoms with van der Waals surface area (Å²) in [6.45, 7) is 0. The van der Waals surface area contributed by atoms with Crippen LogP contribution in [-0.4, -0.2) is 27.3 Å². The summed E-state index contributed by atoms with van der Waals surface area (Å²) in [6, 6.07) is 13.2. The number of hydrogen-bond donors (Lipinski definition) is 1. The molecular weight excluding hydrogens is 280 g/mol. The average Bonchev–Trinajstić information content (AvgIpc) is 3.23. The van der Waals surface area contributed by atoms with Gasteiger partial charge >= 0.3 is 0 Å². The Kier molecular flexibility index (Phi) is 2.86. The Balaban J connectivity index is 1.70. The highest BCUT2D eigenvalue weighted by molar-refractivity contribution is 5.79. The number of fused-ring (bicyclic) bond motifs is 1. The minimum absolute atomic E-state index is 0.474. The first-order valence-electron chi connectivity index (χ1n) is 6.75. The fourth-order valence-electron chi connectivity index (χ4n) is 2.26. The lowest BCUT2D eigenvalue weighted by Gasteiger charge is -1.99. The number of aromatic nitrogens is 4.